The van der Waals surface area contributed by atoms with Crippen LogP contribution in [0.3, 0.4) is 0 Å². The van der Waals surface area contributed by atoms with Crippen molar-refractivity contribution < 1.29 is 41.9 Å². The number of anilines is 2. The van der Waals surface area contributed by atoms with Crippen LogP contribution in [-0.2, 0) is 11.0 Å². The van der Waals surface area contributed by atoms with Gasteiger partial charge in [-0.1, -0.05) is 6.07 Å². The molecule has 1 aromatic heterocycles. The Morgan fingerprint density at radius 1 is 0.930 bits per heavy atom. The molecule has 4 aliphatic heterocycles. The smallest absolute Gasteiger partial charge is 0.416 e. The Kier molecular flexibility index (Phi) is 8.94. The van der Waals surface area contributed by atoms with Gasteiger partial charge in [-0.2, -0.15) is 23.3 Å². The van der Waals surface area contributed by atoms with Gasteiger partial charge in [0.05, 0.1) is 47.6 Å². The molecule has 4 aromatic rings. The third kappa shape index (κ3) is 6.62. The maximum atomic E-state index is 13.4. The van der Waals surface area contributed by atoms with E-state index in [9.17, 15) is 37.1 Å². The number of rotatable bonds is 8. The number of benzene rings is 3. The maximum absolute atomic E-state index is 13.4. The molecule has 0 unspecified atom stereocenters. The second-order valence-corrected chi connectivity index (χ2v) is 15.5. The number of nitrogens with zero attached hydrogens (tertiary/aromatic N) is 6. The van der Waals surface area contributed by atoms with Crippen molar-refractivity contribution in [2.75, 3.05) is 43.5 Å². The molecule has 5 heterocycles. The number of ether oxygens (including phenoxy) is 1. The quantitative estimate of drug-likeness (QED) is 0.222. The van der Waals surface area contributed by atoms with E-state index in [0.29, 0.717) is 28.9 Å². The maximum Gasteiger partial charge on any atom is 0.416 e. The molecule has 6 amide bonds. The summed E-state index contributed by atoms with van der Waals surface area (Å²) in [5.74, 6) is -1.39. The monoisotopic (exact) mass is 784 g/mol. The first-order valence-corrected chi connectivity index (χ1v) is 19.0. The van der Waals surface area contributed by atoms with Gasteiger partial charge in [-0.15, -0.1) is 0 Å². The zero-order valence-electron chi connectivity index (χ0n) is 30.9. The van der Waals surface area contributed by atoms with Crippen LogP contribution in [-0.4, -0.2) is 99.7 Å². The zero-order chi connectivity index (χ0) is 39.7. The van der Waals surface area contributed by atoms with Crippen molar-refractivity contribution in [3.63, 3.8) is 0 Å². The molecule has 0 radical (unpaired) electrons. The number of hydrazine groups is 1. The SMILES string of the molecule is COc1cc2nn(C3CCC(CN4C[C@@H]5C[C@H]4CN5c4ccc5c(c4)C(=O)N(N4CCC(=O)NC4=O)C5=O)CC3)cc2cc1NC(=O)c1cccc(C(F)(F)F)c1. The van der Waals surface area contributed by atoms with Gasteiger partial charge in [-0.3, -0.25) is 34.1 Å². The Hall–Kier alpha value is -5.97. The van der Waals surface area contributed by atoms with E-state index in [1.165, 1.54) is 19.2 Å². The largest absolute Gasteiger partial charge is 0.494 e. The predicted molar refractivity (Wildman–Crippen MR) is 200 cm³/mol. The van der Waals surface area contributed by atoms with Crippen molar-refractivity contribution >= 4 is 51.9 Å². The summed E-state index contributed by atoms with van der Waals surface area (Å²) in [5, 5.41) is 12.3. The molecule has 296 valence electrons. The van der Waals surface area contributed by atoms with Crippen molar-refractivity contribution in [2.45, 2.75) is 62.8 Å². The minimum Gasteiger partial charge on any atom is -0.494 e. The Morgan fingerprint density at radius 3 is 2.44 bits per heavy atom. The molecule has 1 saturated carbocycles. The molecule has 57 heavy (non-hydrogen) atoms. The van der Waals surface area contributed by atoms with E-state index in [0.717, 1.165) is 85.0 Å². The minimum atomic E-state index is -4.57. The number of amides is 6. The average molecular weight is 785 g/mol. The van der Waals surface area contributed by atoms with Gasteiger partial charge in [0.25, 0.3) is 17.7 Å². The number of halogens is 3. The van der Waals surface area contributed by atoms with Crippen LogP contribution < -0.4 is 20.3 Å². The van der Waals surface area contributed by atoms with E-state index in [4.69, 9.17) is 9.84 Å². The lowest BCUT2D eigenvalue weighted by molar-refractivity contribution is -0.137. The van der Waals surface area contributed by atoms with Gasteiger partial charge in [0.15, 0.2) is 0 Å². The number of piperazine rings is 1. The zero-order valence-corrected chi connectivity index (χ0v) is 30.9. The number of aromatic nitrogens is 2. The minimum absolute atomic E-state index is 0.00207. The number of nitrogens with one attached hydrogen (secondary N) is 2. The van der Waals surface area contributed by atoms with E-state index in [-0.39, 0.29) is 41.7 Å². The number of hydrogen-bond acceptors (Lipinski definition) is 9. The molecule has 3 aromatic carbocycles. The first kappa shape index (κ1) is 36.7. The molecule has 0 spiro atoms. The molecule has 2 N–H and O–H groups in total. The van der Waals surface area contributed by atoms with Gasteiger partial charge in [0.1, 0.15) is 5.75 Å². The van der Waals surface area contributed by atoms with Gasteiger partial charge in [0, 0.05) is 67.0 Å². The van der Waals surface area contributed by atoms with Gasteiger partial charge >= 0.3 is 12.2 Å². The lowest BCUT2D eigenvalue weighted by atomic mass is 9.85. The number of carbonyl (C=O) groups is 5. The Bertz CT molecular complexity index is 2340. The number of fused-ring (bicyclic) bond motifs is 4. The predicted octanol–water partition coefficient (Wildman–Crippen LogP) is 5.46. The van der Waals surface area contributed by atoms with Crippen LogP contribution in [0.1, 0.15) is 81.2 Å². The van der Waals surface area contributed by atoms with Gasteiger partial charge < -0.3 is 15.0 Å². The van der Waals surface area contributed by atoms with Gasteiger partial charge in [-0.05, 0) is 80.5 Å². The molecule has 2 bridgehead atoms. The van der Waals surface area contributed by atoms with E-state index in [2.05, 4.69) is 20.4 Å². The molecular formula is C40H39F3N8O6. The number of likely N-dealkylation sites (tertiary alicyclic amines) is 1. The van der Waals surface area contributed by atoms with Crippen molar-refractivity contribution in [3.05, 3.63) is 83.0 Å². The number of imide groups is 2. The topological polar surface area (TPSA) is 149 Å². The Morgan fingerprint density at radius 2 is 1.72 bits per heavy atom. The highest BCUT2D eigenvalue weighted by Crippen LogP contribution is 2.40. The van der Waals surface area contributed by atoms with E-state index in [1.807, 2.05) is 16.9 Å². The number of methoxy groups -OCH3 is 1. The second kappa shape index (κ2) is 13.9. The summed E-state index contributed by atoms with van der Waals surface area (Å²) in [6, 6.07) is 13.1. The average Bonchev–Trinajstić information content (AvgIpc) is 3.97. The van der Waals surface area contributed by atoms with Crippen molar-refractivity contribution in [1.82, 2.24) is 30.0 Å². The normalized spacial score (nSPS) is 23.8. The molecule has 9 rings (SSSR count). The van der Waals surface area contributed by atoms with Crippen molar-refractivity contribution in [1.29, 1.82) is 0 Å². The van der Waals surface area contributed by atoms with Gasteiger partial charge in [-0.25, -0.2) is 9.80 Å². The van der Waals surface area contributed by atoms with Crippen LogP contribution in [0.5, 0.6) is 5.75 Å². The van der Waals surface area contributed by atoms with E-state index >= 15 is 0 Å². The molecule has 1 aliphatic carbocycles. The first-order valence-electron chi connectivity index (χ1n) is 19.0. The molecule has 5 aliphatic rings. The highest BCUT2D eigenvalue weighted by atomic mass is 19.4. The molecule has 2 atom stereocenters. The molecule has 14 nitrogen and oxygen atoms in total. The summed E-state index contributed by atoms with van der Waals surface area (Å²) in [6.45, 7) is 2.67. The summed E-state index contributed by atoms with van der Waals surface area (Å²) < 4.78 is 47.2. The van der Waals surface area contributed by atoms with Crippen molar-refractivity contribution in [3.8, 4) is 5.75 Å². The fourth-order valence-electron chi connectivity index (χ4n) is 9.13. The summed E-state index contributed by atoms with van der Waals surface area (Å²) in [5.41, 5.74) is 1.37. The van der Waals surface area contributed by atoms with E-state index in [1.54, 1.807) is 24.3 Å². The fraction of sp³-hybridized carbons (Fsp3) is 0.400. The number of urea groups is 1. The van der Waals surface area contributed by atoms with Crippen LogP contribution in [0.4, 0.5) is 29.3 Å². The number of alkyl halides is 3. The Balaban J connectivity index is 0.799. The van der Waals surface area contributed by atoms with Crippen LogP contribution in [0.15, 0.2) is 60.8 Å². The fourth-order valence-corrected chi connectivity index (χ4v) is 9.13. The standard InChI is InChI=1S/C40H39F3N8O6/c1-57-34-17-32-24(14-33(34)44-36(53)23-3-2-4-25(13-23)40(41,42)43)19-49(46-32)26-7-5-22(6-8-26)18-47-20-29-15-28(47)21-48(29)27-9-10-30-31(16-27)38(55)51(37(30)54)50-12-11-35(52)45-39(50)56/h2-4,9-10,13-14,16-17,19,22,26,28-29H,5-8,11-12,15,18,20-21H2,1H3,(H,44,53)(H,45,52,56)/t22?,26?,28-,29-/m0/s1. The van der Waals surface area contributed by atoms with E-state index < -0.39 is 41.4 Å². The number of hydrogen-bond donors (Lipinski definition) is 2. The number of carbonyl (C=O) groups excluding carboxylic acids is 5. The second-order valence-electron chi connectivity index (χ2n) is 15.5. The third-order valence-electron chi connectivity index (χ3n) is 12.0. The molecule has 3 saturated heterocycles. The summed E-state index contributed by atoms with van der Waals surface area (Å²) in [4.78, 5) is 68.4. The highest BCUT2D eigenvalue weighted by molar-refractivity contribution is 6.22. The lowest BCUT2D eigenvalue weighted by Gasteiger charge is -2.38. The molecule has 17 heteroatoms. The van der Waals surface area contributed by atoms with Crippen LogP contribution in [0.25, 0.3) is 10.9 Å². The molecular weight excluding hydrogens is 745 g/mol. The van der Waals surface area contributed by atoms with Crippen LogP contribution >= 0.6 is 0 Å². The van der Waals surface area contributed by atoms with Crippen molar-refractivity contribution in [2.24, 2.45) is 5.92 Å². The highest BCUT2D eigenvalue weighted by Gasteiger charge is 2.46. The Labute approximate surface area is 324 Å². The third-order valence-corrected chi connectivity index (χ3v) is 12.0. The van der Waals surface area contributed by atoms with Crippen LogP contribution in [0.2, 0.25) is 0 Å². The summed E-state index contributed by atoms with van der Waals surface area (Å²) in [6.07, 6.45) is 2.39. The summed E-state index contributed by atoms with van der Waals surface area (Å²) >= 11 is 0. The first-order chi connectivity index (χ1) is 27.3. The lowest BCUT2D eigenvalue weighted by Crippen LogP contribution is -2.58. The van der Waals surface area contributed by atoms with Gasteiger partial charge in [0.2, 0.25) is 5.91 Å². The summed E-state index contributed by atoms with van der Waals surface area (Å²) in [7, 11) is 1.46. The van der Waals surface area contributed by atoms with Crippen LogP contribution in [0, 0.1) is 5.92 Å². The molecule has 4 fully saturated rings.